The zero-order chi connectivity index (χ0) is 15.5. The molecule has 0 amide bonds. The third-order valence-electron chi connectivity index (χ3n) is 4.18. The molecule has 0 spiro atoms. The molecule has 0 radical (unpaired) electrons. The van der Waals surface area contributed by atoms with Crippen molar-refractivity contribution in [3.05, 3.63) is 58.6 Å². The van der Waals surface area contributed by atoms with Gasteiger partial charge in [0.1, 0.15) is 0 Å². The Morgan fingerprint density at radius 2 is 2.00 bits per heavy atom. The third-order valence-corrected chi connectivity index (χ3v) is 4.44. The van der Waals surface area contributed by atoms with Crippen LogP contribution in [0.1, 0.15) is 23.7 Å². The van der Waals surface area contributed by atoms with Crippen LogP contribution in [0.25, 0.3) is 0 Å². The first kappa shape index (κ1) is 15.2. The average molecular weight is 317 g/mol. The Bertz CT molecular complexity index is 642. The molecule has 0 aliphatic carbocycles. The van der Waals surface area contributed by atoms with Gasteiger partial charge < -0.3 is 15.3 Å². The number of fused-ring (bicyclic) bond motifs is 1. The summed E-state index contributed by atoms with van der Waals surface area (Å²) < 4.78 is 0. The Labute approximate surface area is 136 Å². The highest BCUT2D eigenvalue weighted by Gasteiger charge is 2.14. The fourth-order valence-electron chi connectivity index (χ4n) is 2.91. The predicted molar refractivity (Wildman–Crippen MR) is 92.9 cm³/mol. The van der Waals surface area contributed by atoms with Crippen molar-refractivity contribution in [1.82, 2.24) is 0 Å². The Hall–Kier alpha value is -1.71. The van der Waals surface area contributed by atoms with Crippen LogP contribution in [0.2, 0.25) is 5.02 Å². The molecule has 1 aliphatic heterocycles. The van der Waals surface area contributed by atoms with E-state index in [1.807, 2.05) is 12.1 Å². The van der Waals surface area contributed by atoms with Crippen LogP contribution in [0.4, 0.5) is 11.4 Å². The van der Waals surface area contributed by atoms with Crippen molar-refractivity contribution >= 4 is 23.0 Å². The molecule has 0 bridgehead atoms. The smallest absolute Gasteiger partial charge is 0.0962 e. The van der Waals surface area contributed by atoms with Crippen molar-refractivity contribution in [3.63, 3.8) is 0 Å². The Morgan fingerprint density at radius 1 is 1.23 bits per heavy atom. The van der Waals surface area contributed by atoms with Gasteiger partial charge in [-0.15, -0.1) is 0 Å². The average Bonchev–Trinajstić information content (AvgIpc) is 2.53. The van der Waals surface area contributed by atoms with E-state index in [2.05, 4.69) is 35.5 Å². The number of benzene rings is 2. The number of aryl methyl sites for hydroxylation is 1. The summed E-state index contributed by atoms with van der Waals surface area (Å²) in [7, 11) is 2.13. The first-order chi connectivity index (χ1) is 10.6. The highest BCUT2D eigenvalue weighted by Crippen LogP contribution is 2.28. The molecular weight excluding hydrogens is 296 g/mol. The van der Waals surface area contributed by atoms with Crippen LogP contribution in [0.3, 0.4) is 0 Å². The molecule has 2 N–H and O–H groups in total. The largest absolute Gasteiger partial charge is 0.387 e. The minimum absolute atomic E-state index is 0.482. The number of aliphatic hydroxyl groups excluding tert-OH is 1. The summed E-state index contributed by atoms with van der Waals surface area (Å²) in [4.78, 5) is 2.30. The van der Waals surface area contributed by atoms with Crippen LogP contribution in [0.15, 0.2) is 42.5 Å². The molecule has 2 aromatic carbocycles. The second-order valence-corrected chi connectivity index (χ2v) is 6.25. The lowest BCUT2D eigenvalue weighted by molar-refractivity contribution is 0.191. The van der Waals surface area contributed by atoms with Crippen molar-refractivity contribution in [1.29, 1.82) is 0 Å². The molecule has 2 aromatic rings. The number of anilines is 2. The summed E-state index contributed by atoms with van der Waals surface area (Å²) in [6.45, 7) is 1.60. The van der Waals surface area contributed by atoms with Gasteiger partial charge in [0.05, 0.1) is 6.10 Å². The molecule has 0 saturated heterocycles. The molecule has 1 aliphatic rings. The molecule has 4 heteroatoms. The van der Waals surface area contributed by atoms with E-state index in [9.17, 15) is 5.11 Å². The molecule has 22 heavy (non-hydrogen) atoms. The summed E-state index contributed by atoms with van der Waals surface area (Å²) >= 11 is 5.87. The highest BCUT2D eigenvalue weighted by atomic mass is 35.5. The van der Waals surface area contributed by atoms with Crippen molar-refractivity contribution in [2.75, 3.05) is 30.4 Å². The standard InChI is InChI=1S/C18H21ClN2O/c1-21-10-2-3-14-11-16(8-9-17(14)21)20-12-18(22)13-4-6-15(19)7-5-13/h4-9,11,18,20,22H,2-3,10,12H2,1H3. The Morgan fingerprint density at radius 3 is 2.77 bits per heavy atom. The number of rotatable bonds is 4. The predicted octanol–water partition coefficient (Wildman–Crippen LogP) is 3.87. The molecule has 3 nitrogen and oxygen atoms in total. The normalized spacial score (nSPS) is 15.3. The van der Waals surface area contributed by atoms with E-state index in [4.69, 9.17) is 11.6 Å². The van der Waals surface area contributed by atoms with E-state index in [1.54, 1.807) is 12.1 Å². The SMILES string of the molecule is CN1CCCc2cc(NCC(O)c3ccc(Cl)cc3)ccc21. The number of nitrogens with one attached hydrogen (secondary N) is 1. The van der Waals surface area contributed by atoms with Gasteiger partial charge in [-0.05, 0) is 54.3 Å². The van der Waals surface area contributed by atoms with E-state index < -0.39 is 6.10 Å². The van der Waals surface area contributed by atoms with E-state index in [-0.39, 0.29) is 0 Å². The van der Waals surface area contributed by atoms with Crippen LogP contribution < -0.4 is 10.2 Å². The number of hydrogen-bond acceptors (Lipinski definition) is 3. The zero-order valence-electron chi connectivity index (χ0n) is 12.7. The van der Waals surface area contributed by atoms with Gasteiger partial charge in [-0.25, -0.2) is 0 Å². The Kier molecular flexibility index (Phi) is 4.55. The van der Waals surface area contributed by atoms with Crippen molar-refractivity contribution in [2.45, 2.75) is 18.9 Å². The van der Waals surface area contributed by atoms with Crippen molar-refractivity contribution in [3.8, 4) is 0 Å². The second-order valence-electron chi connectivity index (χ2n) is 5.82. The lowest BCUT2D eigenvalue weighted by Gasteiger charge is -2.28. The quantitative estimate of drug-likeness (QED) is 0.899. The first-order valence-electron chi connectivity index (χ1n) is 7.65. The summed E-state index contributed by atoms with van der Waals surface area (Å²) in [5.41, 5.74) is 4.62. The highest BCUT2D eigenvalue weighted by molar-refractivity contribution is 6.30. The maximum absolute atomic E-state index is 10.2. The van der Waals surface area contributed by atoms with Gasteiger partial charge >= 0.3 is 0 Å². The first-order valence-corrected chi connectivity index (χ1v) is 8.03. The van der Waals surface area contributed by atoms with Gasteiger partial charge in [-0.1, -0.05) is 23.7 Å². The summed E-state index contributed by atoms with van der Waals surface area (Å²) in [5.74, 6) is 0. The minimum Gasteiger partial charge on any atom is -0.387 e. The number of halogens is 1. The lowest BCUT2D eigenvalue weighted by Crippen LogP contribution is -2.24. The topological polar surface area (TPSA) is 35.5 Å². The monoisotopic (exact) mass is 316 g/mol. The Balaban J connectivity index is 1.65. The molecule has 0 fully saturated rings. The van der Waals surface area contributed by atoms with Gasteiger partial charge in [0.25, 0.3) is 0 Å². The van der Waals surface area contributed by atoms with E-state index in [0.717, 1.165) is 24.2 Å². The van der Waals surface area contributed by atoms with E-state index >= 15 is 0 Å². The van der Waals surface area contributed by atoms with Crippen LogP contribution in [-0.2, 0) is 6.42 Å². The molecule has 0 saturated carbocycles. The molecule has 1 atom stereocenters. The van der Waals surface area contributed by atoms with Crippen LogP contribution in [-0.4, -0.2) is 25.2 Å². The third kappa shape index (κ3) is 3.37. The van der Waals surface area contributed by atoms with Gasteiger partial charge in [-0.3, -0.25) is 0 Å². The molecule has 0 aromatic heterocycles. The lowest BCUT2D eigenvalue weighted by atomic mass is 10.0. The second kappa shape index (κ2) is 6.59. The van der Waals surface area contributed by atoms with Gasteiger partial charge in [0.2, 0.25) is 0 Å². The van der Waals surface area contributed by atoms with Gasteiger partial charge in [0.15, 0.2) is 0 Å². The zero-order valence-corrected chi connectivity index (χ0v) is 13.5. The fourth-order valence-corrected chi connectivity index (χ4v) is 3.04. The molecule has 1 heterocycles. The van der Waals surface area contributed by atoms with Gasteiger partial charge in [-0.2, -0.15) is 0 Å². The maximum atomic E-state index is 10.2. The van der Waals surface area contributed by atoms with E-state index in [1.165, 1.54) is 17.7 Å². The summed E-state index contributed by atoms with van der Waals surface area (Å²) in [6.07, 6.45) is 1.77. The fraction of sp³-hybridized carbons (Fsp3) is 0.333. The van der Waals surface area contributed by atoms with E-state index in [0.29, 0.717) is 11.6 Å². The summed E-state index contributed by atoms with van der Waals surface area (Å²) in [5, 5.41) is 14.2. The number of nitrogens with zero attached hydrogens (tertiary/aromatic N) is 1. The maximum Gasteiger partial charge on any atom is 0.0962 e. The molecule has 1 unspecified atom stereocenters. The van der Waals surface area contributed by atoms with Gasteiger partial charge in [0, 0.05) is 36.5 Å². The molecule has 3 rings (SSSR count). The molecular formula is C18H21ClN2O. The van der Waals surface area contributed by atoms with Crippen molar-refractivity contribution in [2.24, 2.45) is 0 Å². The van der Waals surface area contributed by atoms with Crippen molar-refractivity contribution < 1.29 is 5.11 Å². The van der Waals surface area contributed by atoms with Crippen LogP contribution >= 0.6 is 11.6 Å². The molecule has 116 valence electrons. The number of aliphatic hydroxyl groups is 1. The van der Waals surface area contributed by atoms with Crippen LogP contribution in [0.5, 0.6) is 0 Å². The number of hydrogen-bond donors (Lipinski definition) is 2. The minimum atomic E-state index is -0.545. The summed E-state index contributed by atoms with van der Waals surface area (Å²) in [6, 6.07) is 13.7. The van der Waals surface area contributed by atoms with Crippen LogP contribution in [0, 0.1) is 0 Å².